The van der Waals surface area contributed by atoms with E-state index in [1.807, 2.05) is 52.8 Å². The monoisotopic (exact) mass is 297 g/mol. The predicted molar refractivity (Wildman–Crippen MR) is 85.8 cm³/mol. The topological polar surface area (TPSA) is 60.1 Å². The van der Waals surface area contributed by atoms with E-state index in [1.165, 1.54) is 0 Å². The summed E-state index contributed by atoms with van der Waals surface area (Å²) < 4.78 is 13.9. The largest absolute Gasteiger partial charge is 0.494 e. The van der Waals surface area contributed by atoms with E-state index in [2.05, 4.69) is 11.2 Å². The molecule has 5 nitrogen and oxygen atoms in total. The summed E-state index contributed by atoms with van der Waals surface area (Å²) in [4.78, 5) is 0. The molecule has 0 radical (unpaired) electrons. The van der Waals surface area contributed by atoms with Crippen LogP contribution in [0.2, 0.25) is 0 Å². The number of rotatable bonds is 2. The van der Waals surface area contributed by atoms with Crippen molar-refractivity contribution in [2.45, 2.75) is 52.4 Å². The molecule has 0 amide bonds. The van der Waals surface area contributed by atoms with Crippen molar-refractivity contribution in [1.29, 1.82) is 5.26 Å². The summed E-state index contributed by atoms with van der Waals surface area (Å²) in [5, 5.41) is 14.3. The van der Waals surface area contributed by atoms with Crippen molar-refractivity contribution in [1.82, 2.24) is 9.78 Å². The van der Waals surface area contributed by atoms with Crippen molar-refractivity contribution >= 4 is 23.5 Å². The third kappa shape index (κ3) is 2.21. The minimum absolute atomic E-state index is 0.250. The zero-order valence-electron chi connectivity index (χ0n) is 13.7. The number of fused-ring (bicyclic) bond motifs is 1. The molecule has 0 aliphatic carbocycles. The van der Waals surface area contributed by atoms with Crippen molar-refractivity contribution in [3.05, 3.63) is 23.9 Å². The van der Waals surface area contributed by atoms with Gasteiger partial charge in [0.05, 0.1) is 28.5 Å². The first-order valence-electron chi connectivity index (χ1n) is 7.45. The molecule has 1 fully saturated rings. The van der Waals surface area contributed by atoms with Crippen molar-refractivity contribution in [2.75, 3.05) is 0 Å². The molecule has 6 heteroatoms. The second-order valence-corrected chi connectivity index (χ2v) is 6.77. The van der Waals surface area contributed by atoms with Gasteiger partial charge in [-0.2, -0.15) is 10.4 Å². The van der Waals surface area contributed by atoms with E-state index in [9.17, 15) is 0 Å². The van der Waals surface area contributed by atoms with Gasteiger partial charge >= 0.3 is 7.12 Å². The van der Waals surface area contributed by atoms with Gasteiger partial charge in [-0.05, 0) is 46.1 Å². The molecule has 114 valence electrons. The Morgan fingerprint density at radius 3 is 2.45 bits per heavy atom. The summed E-state index contributed by atoms with van der Waals surface area (Å²) in [6.45, 7) is 10.4. The fourth-order valence-electron chi connectivity index (χ4n) is 2.67. The van der Waals surface area contributed by atoms with Crippen molar-refractivity contribution in [3.63, 3.8) is 0 Å². The molecule has 2 aromatic rings. The van der Waals surface area contributed by atoms with Crippen LogP contribution < -0.4 is 5.46 Å². The number of aryl methyl sites for hydroxylation is 1. The quantitative estimate of drug-likeness (QED) is 0.797. The Labute approximate surface area is 131 Å². The van der Waals surface area contributed by atoms with Gasteiger partial charge in [-0.25, -0.2) is 0 Å². The van der Waals surface area contributed by atoms with Crippen LogP contribution in [-0.4, -0.2) is 28.1 Å². The van der Waals surface area contributed by atoms with E-state index in [0.717, 1.165) is 22.1 Å². The third-order valence-corrected chi connectivity index (χ3v) is 4.71. The molecule has 1 aliphatic heterocycles. The smallest absolute Gasteiger partial charge is 0.399 e. The van der Waals surface area contributed by atoms with Crippen molar-refractivity contribution in [3.8, 4) is 6.07 Å². The Hall–Kier alpha value is -1.84. The minimum Gasteiger partial charge on any atom is -0.399 e. The van der Waals surface area contributed by atoms with Gasteiger partial charge in [0.25, 0.3) is 0 Å². The van der Waals surface area contributed by atoms with E-state index in [4.69, 9.17) is 14.6 Å². The number of hydrogen-bond acceptors (Lipinski definition) is 4. The molecule has 0 unspecified atom stereocenters. The average molecular weight is 297 g/mol. The summed E-state index contributed by atoms with van der Waals surface area (Å²) in [6, 6.07) is 8.15. The Bertz CT molecular complexity index is 758. The molecular formula is C16H20BN3O2. The fraction of sp³-hybridized carbons (Fsp3) is 0.500. The van der Waals surface area contributed by atoms with Gasteiger partial charge in [0.1, 0.15) is 6.54 Å². The fourth-order valence-corrected chi connectivity index (χ4v) is 2.67. The van der Waals surface area contributed by atoms with Crippen LogP contribution in [0.1, 0.15) is 33.4 Å². The summed E-state index contributed by atoms with van der Waals surface area (Å²) in [7, 11) is -0.381. The summed E-state index contributed by atoms with van der Waals surface area (Å²) in [6.07, 6.45) is 0. The van der Waals surface area contributed by atoms with E-state index in [-0.39, 0.29) is 24.9 Å². The first-order valence-corrected chi connectivity index (χ1v) is 7.45. The zero-order valence-corrected chi connectivity index (χ0v) is 13.7. The Kier molecular flexibility index (Phi) is 3.31. The summed E-state index contributed by atoms with van der Waals surface area (Å²) in [5.41, 5.74) is 2.13. The van der Waals surface area contributed by atoms with Crippen LogP contribution in [-0.2, 0) is 15.9 Å². The molecule has 1 saturated heterocycles. The molecule has 0 atom stereocenters. The number of nitrogens with zero attached hydrogens (tertiary/aromatic N) is 3. The van der Waals surface area contributed by atoms with Crippen LogP contribution in [0.4, 0.5) is 0 Å². The number of benzene rings is 1. The SMILES string of the molecule is Cc1nn(CC#N)c2ccc(B3OC(C)(C)C(C)(C)O3)cc12. The van der Waals surface area contributed by atoms with Gasteiger partial charge < -0.3 is 9.31 Å². The summed E-state index contributed by atoms with van der Waals surface area (Å²) in [5.74, 6) is 0. The van der Waals surface area contributed by atoms with Crippen LogP contribution in [0.5, 0.6) is 0 Å². The van der Waals surface area contributed by atoms with Gasteiger partial charge in [0.15, 0.2) is 0 Å². The molecule has 1 aromatic carbocycles. The van der Waals surface area contributed by atoms with E-state index in [1.54, 1.807) is 4.68 Å². The highest BCUT2D eigenvalue weighted by atomic mass is 16.7. The molecule has 22 heavy (non-hydrogen) atoms. The van der Waals surface area contributed by atoms with Crippen LogP contribution >= 0.6 is 0 Å². The highest BCUT2D eigenvalue weighted by Gasteiger charge is 2.51. The van der Waals surface area contributed by atoms with Crippen LogP contribution in [0.25, 0.3) is 10.9 Å². The second kappa shape index (κ2) is 4.84. The zero-order chi connectivity index (χ0) is 16.1. The molecule has 0 saturated carbocycles. The van der Waals surface area contributed by atoms with E-state index in [0.29, 0.717) is 0 Å². The molecule has 0 spiro atoms. The lowest BCUT2D eigenvalue weighted by molar-refractivity contribution is 0.00578. The van der Waals surface area contributed by atoms with Gasteiger partial charge in [-0.1, -0.05) is 12.1 Å². The molecule has 2 heterocycles. The normalized spacial score (nSPS) is 19.5. The van der Waals surface area contributed by atoms with Crippen LogP contribution in [0.3, 0.4) is 0 Å². The molecular weight excluding hydrogens is 277 g/mol. The molecule has 3 rings (SSSR count). The Balaban J connectivity index is 2.01. The lowest BCUT2D eigenvalue weighted by Gasteiger charge is -2.32. The summed E-state index contributed by atoms with van der Waals surface area (Å²) >= 11 is 0. The van der Waals surface area contributed by atoms with Crippen LogP contribution in [0.15, 0.2) is 18.2 Å². The highest BCUT2D eigenvalue weighted by molar-refractivity contribution is 6.62. The minimum atomic E-state index is -0.381. The van der Waals surface area contributed by atoms with Crippen LogP contribution in [0, 0.1) is 18.3 Å². The maximum atomic E-state index is 8.88. The van der Waals surface area contributed by atoms with Gasteiger partial charge in [-0.3, -0.25) is 4.68 Å². The molecule has 0 N–H and O–H groups in total. The predicted octanol–water partition coefficient (Wildman–Crippen LogP) is 2.17. The van der Waals surface area contributed by atoms with Gasteiger partial charge in [-0.15, -0.1) is 0 Å². The maximum absolute atomic E-state index is 8.88. The van der Waals surface area contributed by atoms with Gasteiger partial charge in [0.2, 0.25) is 0 Å². The maximum Gasteiger partial charge on any atom is 0.494 e. The number of hydrogen-bond donors (Lipinski definition) is 0. The molecule has 1 aliphatic rings. The molecule has 0 bridgehead atoms. The van der Waals surface area contributed by atoms with Crippen molar-refractivity contribution in [2.24, 2.45) is 0 Å². The van der Waals surface area contributed by atoms with Gasteiger partial charge in [0, 0.05) is 5.39 Å². The number of aromatic nitrogens is 2. The third-order valence-electron chi connectivity index (χ3n) is 4.71. The highest BCUT2D eigenvalue weighted by Crippen LogP contribution is 2.36. The van der Waals surface area contributed by atoms with Crippen molar-refractivity contribution < 1.29 is 9.31 Å². The van der Waals surface area contributed by atoms with E-state index >= 15 is 0 Å². The van der Waals surface area contributed by atoms with E-state index < -0.39 is 0 Å². The number of nitriles is 1. The first-order chi connectivity index (χ1) is 10.2. The Morgan fingerprint density at radius 1 is 1.23 bits per heavy atom. The standard InChI is InChI=1S/C16H20BN3O2/c1-11-13-10-12(6-7-14(13)20(19-11)9-8-18)17-21-15(2,3)16(4,5)22-17/h6-7,10H,9H2,1-5H3. The molecule has 1 aromatic heterocycles. The Morgan fingerprint density at radius 2 is 1.86 bits per heavy atom. The average Bonchev–Trinajstić information content (AvgIpc) is 2.85. The first kappa shape index (κ1) is 15.1. The second-order valence-electron chi connectivity index (χ2n) is 6.77. The lowest BCUT2D eigenvalue weighted by atomic mass is 9.78. The lowest BCUT2D eigenvalue weighted by Crippen LogP contribution is -2.41.